The van der Waals surface area contributed by atoms with Gasteiger partial charge in [0.2, 0.25) is 0 Å². The van der Waals surface area contributed by atoms with Crippen molar-refractivity contribution >= 4 is 0 Å². The lowest BCUT2D eigenvalue weighted by Crippen LogP contribution is -2.29. The number of hydrogen-bond acceptors (Lipinski definition) is 4. The highest BCUT2D eigenvalue weighted by Gasteiger charge is 2.15. The first kappa shape index (κ1) is 17.7. The highest BCUT2D eigenvalue weighted by atomic mass is 16.5. The van der Waals surface area contributed by atoms with Crippen molar-refractivity contribution in [1.82, 2.24) is 4.57 Å². The smallest absolute Gasteiger partial charge is 0.269 e. The second-order valence-electron chi connectivity index (χ2n) is 5.65. The zero-order valence-corrected chi connectivity index (χ0v) is 15.6. The van der Waals surface area contributed by atoms with E-state index in [0.29, 0.717) is 11.5 Å². The summed E-state index contributed by atoms with van der Waals surface area (Å²) in [6, 6.07) is 11.3. The van der Waals surface area contributed by atoms with Gasteiger partial charge in [-0.05, 0) is 31.2 Å². The first-order valence-electron chi connectivity index (χ1n) is 8.09. The Morgan fingerprint density at radius 3 is 2.04 bits per heavy atom. The van der Waals surface area contributed by atoms with Crippen molar-refractivity contribution in [1.29, 1.82) is 0 Å². The number of nitrogens with zero attached hydrogens (tertiary/aromatic N) is 2. The zero-order valence-electron chi connectivity index (χ0n) is 15.6. The van der Waals surface area contributed by atoms with Crippen LogP contribution in [0, 0.1) is 13.3 Å². The second kappa shape index (κ2) is 7.39. The molecule has 3 aromatic rings. The molecule has 0 aliphatic carbocycles. The predicted molar refractivity (Wildman–Crippen MR) is 97.1 cm³/mol. The van der Waals surface area contributed by atoms with Crippen LogP contribution in [0.15, 0.2) is 42.6 Å². The van der Waals surface area contributed by atoms with E-state index in [2.05, 4.69) is 6.33 Å². The Balaban J connectivity index is 2.09. The molecule has 0 N–H and O–H groups in total. The molecule has 0 aliphatic heterocycles. The molecule has 6 heteroatoms. The third-order valence-electron chi connectivity index (χ3n) is 4.15. The highest BCUT2D eigenvalue weighted by molar-refractivity contribution is 5.51. The zero-order chi connectivity index (χ0) is 18.7. The molecule has 26 heavy (non-hydrogen) atoms. The summed E-state index contributed by atoms with van der Waals surface area (Å²) in [5.41, 5.74) is 2.73. The first-order chi connectivity index (χ1) is 12.6. The molecule has 0 aliphatic rings. The van der Waals surface area contributed by atoms with E-state index in [1.165, 1.54) is 0 Å². The molecule has 3 rings (SSSR count). The van der Waals surface area contributed by atoms with E-state index in [-0.39, 0.29) is 0 Å². The van der Waals surface area contributed by atoms with Crippen molar-refractivity contribution in [2.45, 2.75) is 6.92 Å². The first-order valence-corrected chi connectivity index (χ1v) is 8.09. The van der Waals surface area contributed by atoms with E-state index in [9.17, 15) is 0 Å². The number of benzene rings is 2. The Morgan fingerprint density at radius 1 is 0.808 bits per heavy atom. The van der Waals surface area contributed by atoms with Gasteiger partial charge >= 0.3 is 0 Å². The van der Waals surface area contributed by atoms with Gasteiger partial charge in [-0.25, -0.2) is 0 Å². The standard InChI is InChI=1S/C20H22N2O4/c1-14-12-21(17-8-6-15(23-2)10-19(17)25-4)13-22(14)18-9-7-16(24-3)11-20(18)26-5/h6-12H,1-5H3. The van der Waals surface area contributed by atoms with Crippen LogP contribution in [-0.4, -0.2) is 33.0 Å². The largest absolute Gasteiger partial charge is 0.500 e. The van der Waals surface area contributed by atoms with Gasteiger partial charge in [0.25, 0.3) is 6.33 Å². The molecule has 0 amide bonds. The van der Waals surface area contributed by atoms with Gasteiger partial charge in [-0.3, -0.25) is 9.13 Å². The van der Waals surface area contributed by atoms with Gasteiger partial charge in [-0.15, -0.1) is 0 Å². The lowest BCUT2D eigenvalue weighted by Gasteiger charge is -2.12. The van der Waals surface area contributed by atoms with Crippen LogP contribution in [0.25, 0.3) is 11.4 Å². The fourth-order valence-corrected chi connectivity index (χ4v) is 2.78. The fourth-order valence-electron chi connectivity index (χ4n) is 2.78. The summed E-state index contributed by atoms with van der Waals surface area (Å²) < 4.78 is 25.4. The van der Waals surface area contributed by atoms with Gasteiger partial charge < -0.3 is 18.9 Å². The maximum Gasteiger partial charge on any atom is 0.269 e. The molecule has 1 aromatic heterocycles. The Bertz CT molecular complexity index is 918. The maximum atomic E-state index is 5.52. The Morgan fingerprint density at radius 2 is 1.42 bits per heavy atom. The molecule has 136 valence electrons. The van der Waals surface area contributed by atoms with Gasteiger partial charge in [-0.1, -0.05) is 0 Å². The minimum atomic E-state index is 0.699. The molecule has 6 nitrogen and oxygen atoms in total. The van der Waals surface area contributed by atoms with Gasteiger partial charge in [-0.2, -0.15) is 0 Å². The minimum Gasteiger partial charge on any atom is -0.500 e. The average molecular weight is 354 g/mol. The summed E-state index contributed by atoms with van der Waals surface area (Å²) in [5.74, 6) is 2.87. The summed E-state index contributed by atoms with van der Waals surface area (Å²) in [4.78, 5) is 0. The predicted octanol–water partition coefficient (Wildman–Crippen LogP) is 2.90. The van der Waals surface area contributed by atoms with E-state index in [0.717, 1.165) is 28.6 Å². The maximum absolute atomic E-state index is 5.52. The third kappa shape index (κ3) is 3.18. The van der Waals surface area contributed by atoms with E-state index < -0.39 is 0 Å². The third-order valence-corrected chi connectivity index (χ3v) is 4.15. The van der Waals surface area contributed by atoms with E-state index in [1.54, 1.807) is 28.4 Å². The van der Waals surface area contributed by atoms with Crippen molar-refractivity contribution in [3.63, 3.8) is 0 Å². The number of rotatable bonds is 6. The van der Waals surface area contributed by atoms with Crippen LogP contribution < -0.4 is 23.5 Å². The number of methoxy groups -OCH3 is 4. The lowest BCUT2D eigenvalue weighted by molar-refractivity contribution is -0.600. The Hall–Kier alpha value is -3.15. The SMILES string of the molecule is COc1ccc(-n2[c-][n+](-c3ccc(OC)cc3OC)cc2C)c(OC)c1. The number of hydrogen-bond donors (Lipinski definition) is 0. The molecule has 0 fully saturated rings. The Labute approximate surface area is 153 Å². The van der Waals surface area contributed by atoms with Crippen molar-refractivity contribution in [3.05, 3.63) is 54.6 Å². The van der Waals surface area contributed by atoms with Gasteiger partial charge in [0.15, 0.2) is 0 Å². The van der Waals surface area contributed by atoms with Crippen LogP contribution >= 0.6 is 0 Å². The quantitative estimate of drug-likeness (QED) is 0.504. The molecule has 2 aromatic carbocycles. The van der Waals surface area contributed by atoms with Crippen molar-refractivity contribution < 1.29 is 23.5 Å². The molecule has 0 bridgehead atoms. The molecule has 1 heterocycles. The van der Waals surface area contributed by atoms with Gasteiger partial charge in [0.05, 0.1) is 28.4 Å². The van der Waals surface area contributed by atoms with E-state index in [1.807, 2.05) is 58.7 Å². The highest BCUT2D eigenvalue weighted by Crippen LogP contribution is 2.29. The Kier molecular flexibility index (Phi) is 5.02. The average Bonchev–Trinajstić information content (AvgIpc) is 3.07. The molecule has 0 atom stereocenters. The number of aryl methyl sites for hydroxylation is 1. The molecule has 0 saturated carbocycles. The molecular formula is C20H22N2O4. The van der Waals surface area contributed by atoms with Crippen LogP contribution in [0.3, 0.4) is 0 Å². The number of imidazole rings is 1. The topological polar surface area (TPSA) is 45.7 Å². The monoisotopic (exact) mass is 354 g/mol. The van der Waals surface area contributed by atoms with Crippen LogP contribution in [-0.2, 0) is 0 Å². The van der Waals surface area contributed by atoms with Crippen molar-refractivity contribution in [2.24, 2.45) is 0 Å². The van der Waals surface area contributed by atoms with E-state index in [4.69, 9.17) is 18.9 Å². The summed E-state index contributed by atoms with van der Waals surface area (Å²) >= 11 is 0. The molecule has 0 spiro atoms. The molecule has 0 unspecified atom stereocenters. The summed E-state index contributed by atoms with van der Waals surface area (Å²) in [5, 5.41) is 0. The fraction of sp³-hybridized carbons (Fsp3) is 0.250. The summed E-state index contributed by atoms with van der Waals surface area (Å²) in [7, 11) is 6.53. The second-order valence-corrected chi connectivity index (χ2v) is 5.65. The van der Waals surface area contributed by atoms with Crippen LogP contribution in [0.5, 0.6) is 23.0 Å². The molecule has 0 radical (unpaired) electrons. The number of aromatic nitrogens is 2. The van der Waals surface area contributed by atoms with Gasteiger partial charge in [0.1, 0.15) is 34.4 Å². The summed E-state index contributed by atoms with van der Waals surface area (Å²) in [6.45, 7) is 2.01. The van der Waals surface area contributed by atoms with E-state index >= 15 is 0 Å². The van der Waals surface area contributed by atoms with Crippen LogP contribution in [0.4, 0.5) is 0 Å². The van der Waals surface area contributed by atoms with Gasteiger partial charge in [0, 0.05) is 24.0 Å². The summed E-state index contributed by atoms with van der Waals surface area (Å²) in [6.07, 6.45) is 5.31. The number of ether oxygens (including phenoxy) is 4. The van der Waals surface area contributed by atoms with Crippen LogP contribution in [0.1, 0.15) is 5.69 Å². The lowest BCUT2D eigenvalue weighted by atomic mass is 10.2. The minimum absolute atomic E-state index is 0.699. The normalized spacial score (nSPS) is 10.5. The van der Waals surface area contributed by atoms with Crippen molar-refractivity contribution in [2.75, 3.05) is 28.4 Å². The van der Waals surface area contributed by atoms with Crippen LogP contribution in [0.2, 0.25) is 0 Å². The molecular weight excluding hydrogens is 332 g/mol. The van der Waals surface area contributed by atoms with Crippen molar-refractivity contribution in [3.8, 4) is 34.4 Å². The molecule has 0 saturated heterocycles.